The summed E-state index contributed by atoms with van der Waals surface area (Å²) >= 11 is 0. The summed E-state index contributed by atoms with van der Waals surface area (Å²) in [5.74, 6) is -1.41. The number of carboxylic acids is 1. The Morgan fingerprint density at radius 1 is 0.971 bits per heavy atom. The Labute approximate surface area is 197 Å². The second-order valence-corrected chi connectivity index (χ2v) is 10.7. The molecule has 8 heteroatoms. The molecule has 5 rings (SSSR count). The molecule has 0 saturated heterocycles. The molecule has 0 spiro atoms. The van der Waals surface area contributed by atoms with Crippen LogP contribution in [0.3, 0.4) is 0 Å². The van der Waals surface area contributed by atoms with Crippen molar-refractivity contribution in [1.82, 2.24) is 4.90 Å². The minimum Gasteiger partial charge on any atom is -0.479 e. The van der Waals surface area contributed by atoms with Crippen molar-refractivity contribution in [2.45, 2.75) is 30.3 Å². The lowest BCUT2D eigenvalue weighted by atomic mass is 9.98. The van der Waals surface area contributed by atoms with Crippen LogP contribution >= 0.6 is 0 Å². The van der Waals surface area contributed by atoms with Crippen molar-refractivity contribution in [1.29, 1.82) is 0 Å². The van der Waals surface area contributed by atoms with Gasteiger partial charge in [-0.25, -0.2) is 18.0 Å². The maximum Gasteiger partial charge on any atom is 0.411 e. The smallest absolute Gasteiger partial charge is 0.411 e. The van der Waals surface area contributed by atoms with E-state index >= 15 is 0 Å². The highest BCUT2D eigenvalue weighted by Crippen LogP contribution is 2.45. The molecule has 3 aromatic rings. The highest BCUT2D eigenvalue weighted by molar-refractivity contribution is 7.91. The van der Waals surface area contributed by atoms with Gasteiger partial charge in [-0.15, -0.1) is 0 Å². The molecular formula is C26H23NO6S. The third-order valence-electron chi connectivity index (χ3n) is 6.61. The first-order valence-corrected chi connectivity index (χ1v) is 12.7. The van der Waals surface area contributed by atoms with E-state index in [0.29, 0.717) is 11.1 Å². The summed E-state index contributed by atoms with van der Waals surface area (Å²) in [6.07, 6.45) is -0.745. The third kappa shape index (κ3) is 3.54. The molecule has 34 heavy (non-hydrogen) atoms. The Kier molecular flexibility index (Phi) is 5.40. The highest BCUT2D eigenvalue weighted by Gasteiger charge is 2.40. The van der Waals surface area contributed by atoms with Gasteiger partial charge in [0.05, 0.1) is 17.2 Å². The first-order valence-electron chi connectivity index (χ1n) is 11.0. The zero-order valence-corrected chi connectivity index (χ0v) is 19.3. The maximum absolute atomic E-state index is 13.1. The van der Waals surface area contributed by atoms with Gasteiger partial charge in [0, 0.05) is 5.92 Å². The Hall–Kier alpha value is -3.65. The number of aliphatic carboxylic acids is 1. The van der Waals surface area contributed by atoms with E-state index in [2.05, 4.69) is 0 Å². The van der Waals surface area contributed by atoms with Crippen molar-refractivity contribution in [3.63, 3.8) is 0 Å². The lowest BCUT2D eigenvalue weighted by Crippen LogP contribution is -2.35. The van der Waals surface area contributed by atoms with Crippen LogP contribution in [0.15, 0.2) is 71.6 Å². The fraction of sp³-hybridized carbons (Fsp3) is 0.231. The zero-order valence-electron chi connectivity index (χ0n) is 18.5. The normalized spacial score (nSPS) is 16.6. The van der Waals surface area contributed by atoms with Gasteiger partial charge >= 0.3 is 12.1 Å². The third-order valence-corrected chi connectivity index (χ3v) is 8.34. The average Bonchev–Trinajstić information content (AvgIpc) is 3.38. The summed E-state index contributed by atoms with van der Waals surface area (Å²) in [5.41, 5.74) is 5.21. The molecule has 1 amide bonds. The van der Waals surface area contributed by atoms with Crippen LogP contribution in [0.1, 0.15) is 41.1 Å². The summed E-state index contributed by atoms with van der Waals surface area (Å²) in [6, 6.07) is 19.0. The molecular weight excluding hydrogens is 454 g/mol. The number of carbonyl (C=O) groups excluding carboxylic acids is 1. The van der Waals surface area contributed by atoms with Gasteiger partial charge in [-0.2, -0.15) is 0 Å². The molecule has 0 radical (unpaired) electrons. The fourth-order valence-electron chi connectivity index (χ4n) is 4.90. The van der Waals surface area contributed by atoms with E-state index < -0.39 is 27.9 Å². The Balaban J connectivity index is 1.39. The topological polar surface area (TPSA) is 101 Å². The highest BCUT2D eigenvalue weighted by atomic mass is 32.2. The molecule has 7 nitrogen and oxygen atoms in total. The zero-order chi connectivity index (χ0) is 24.0. The molecule has 1 unspecified atom stereocenters. The number of ether oxygens (including phenoxy) is 1. The molecule has 0 aromatic heterocycles. The summed E-state index contributed by atoms with van der Waals surface area (Å²) < 4.78 is 30.2. The van der Waals surface area contributed by atoms with E-state index in [9.17, 15) is 23.1 Å². The first kappa shape index (κ1) is 22.2. The molecule has 1 atom stereocenters. The minimum atomic E-state index is -3.46. The van der Waals surface area contributed by atoms with Crippen LogP contribution in [0.2, 0.25) is 0 Å². The molecule has 0 fully saturated rings. The van der Waals surface area contributed by atoms with Crippen LogP contribution in [-0.4, -0.2) is 42.8 Å². The Morgan fingerprint density at radius 3 is 2.18 bits per heavy atom. The van der Waals surface area contributed by atoms with Crippen LogP contribution in [0.25, 0.3) is 11.1 Å². The number of carboxylic acid groups (broad SMARTS) is 1. The predicted octanol–water partition coefficient (Wildman–Crippen LogP) is 4.37. The fourth-order valence-corrected chi connectivity index (χ4v) is 5.83. The molecule has 174 valence electrons. The summed E-state index contributed by atoms with van der Waals surface area (Å²) in [7, 11) is -3.46. The number of hydrogen-bond donors (Lipinski definition) is 1. The average molecular weight is 478 g/mol. The van der Waals surface area contributed by atoms with Gasteiger partial charge in [0.25, 0.3) is 0 Å². The monoisotopic (exact) mass is 477 g/mol. The van der Waals surface area contributed by atoms with Crippen molar-refractivity contribution in [3.8, 4) is 11.1 Å². The quantitative estimate of drug-likeness (QED) is 0.586. The number of fused-ring (bicyclic) bond motifs is 4. The maximum atomic E-state index is 13.1. The number of amides is 1. The van der Waals surface area contributed by atoms with Gasteiger partial charge in [-0.1, -0.05) is 61.5 Å². The van der Waals surface area contributed by atoms with E-state index in [4.69, 9.17) is 4.74 Å². The van der Waals surface area contributed by atoms with Gasteiger partial charge in [0.2, 0.25) is 0 Å². The van der Waals surface area contributed by atoms with Crippen molar-refractivity contribution in [2.75, 3.05) is 12.4 Å². The Morgan fingerprint density at radius 2 is 1.59 bits per heavy atom. The lowest BCUT2D eigenvalue weighted by molar-refractivity contribution is -0.142. The molecule has 1 aliphatic carbocycles. The second kappa shape index (κ2) is 8.29. The molecule has 2 aliphatic rings. The van der Waals surface area contributed by atoms with Gasteiger partial charge in [0.1, 0.15) is 6.61 Å². The summed E-state index contributed by atoms with van der Waals surface area (Å²) in [5, 5.41) is 9.83. The van der Waals surface area contributed by atoms with Crippen LogP contribution in [0, 0.1) is 0 Å². The number of nitrogens with zero attached hydrogens (tertiary/aromatic N) is 1. The van der Waals surface area contributed by atoms with E-state index in [-0.39, 0.29) is 29.7 Å². The molecule has 1 N–H and O–H groups in total. The standard InChI is InChI=1S/C26H23NO6S/c1-2-34(31,32)17-11-12-18-16(13-17)14-27(24(18)25(28)29)26(30)33-15-23-21-9-5-3-7-19(21)20-8-4-6-10-22(20)23/h3-13,23-24H,2,14-15H2,1H3,(H,28,29). The lowest BCUT2D eigenvalue weighted by Gasteiger charge is -2.23. The SMILES string of the molecule is CCS(=O)(=O)c1ccc2c(c1)CN(C(=O)OCC1c3ccccc3-c3ccccc31)C2C(=O)O. The molecule has 3 aromatic carbocycles. The molecule has 0 saturated carbocycles. The van der Waals surface area contributed by atoms with Crippen molar-refractivity contribution in [2.24, 2.45) is 0 Å². The summed E-state index contributed by atoms with van der Waals surface area (Å²) in [6.45, 7) is 1.59. The molecule has 1 aliphatic heterocycles. The van der Waals surface area contributed by atoms with Gasteiger partial charge in [-0.3, -0.25) is 4.90 Å². The van der Waals surface area contributed by atoms with E-state index in [1.54, 1.807) is 6.92 Å². The Bertz CT molecular complexity index is 1370. The van der Waals surface area contributed by atoms with E-state index in [0.717, 1.165) is 27.2 Å². The van der Waals surface area contributed by atoms with Crippen LogP contribution in [0.5, 0.6) is 0 Å². The number of benzene rings is 3. The largest absolute Gasteiger partial charge is 0.479 e. The van der Waals surface area contributed by atoms with Crippen molar-refractivity contribution in [3.05, 3.63) is 89.0 Å². The molecule has 1 heterocycles. The van der Waals surface area contributed by atoms with E-state index in [1.807, 2.05) is 48.5 Å². The summed E-state index contributed by atoms with van der Waals surface area (Å²) in [4.78, 5) is 26.4. The number of hydrogen-bond acceptors (Lipinski definition) is 5. The first-order chi connectivity index (χ1) is 16.3. The van der Waals surface area contributed by atoms with Gasteiger partial charge < -0.3 is 9.84 Å². The van der Waals surface area contributed by atoms with Crippen molar-refractivity contribution >= 4 is 21.9 Å². The number of sulfone groups is 1. The molecule has 0 bridgehead atoms. The number of rotatable bonds is 5. The van der Waals surface area contributed by atoms with Crippen molar-refractivity contribution < 1.29 is 27.9 Å². The number of carbonyl (C=O) groups is 2. The minimum absolute atomic E-state index is 0.0317. The van der Waals surface area contributed by atoms with Crippen LogP contribution in [-0.2, 0) is 25.9 Å². The van der Waals surface area contributed by atoms with E-state index in [1.165, 1.54) is 18.2 Å². The van der Waals surface area contributed by atoms with Crippen LogP contribution in [0.4, 0.5) is 4.79 Å². The van der Waals surface area contributed by atoms with Gasteiger partial charge in [0.15, 0.2) is 15.9 Å². The van der Waals surface area contributed by atoms with Gasteiger partial charge in [-0.05, 0) is 45.5 Å². The second-order valence-electron chi connectivity index (χ2n) is 8.44. The predicted molar refractivity (Wildman–Crippen MR) is 125 cm³/mol. The van der Waals surface area contributed by atoms with Crippen LogP contribution < -0.4 is 0 Å².